The van der Waals surface area contributed by atoms with Crippen molar-refractivity contribution in [2.45, 2.75) is 45.1 Å². The summed E-state index contributed by atoms with van der Waals surface area (Å²) in [5.74, 6) is 1.17. The van der Waals surface area contributed by atoms with E-state index in [1.807, 2.05) is 0 Å². The number of anilines is 1. The van der Waals surface area contributed by atoms with Gasteiger partial charge in [0, 0.05) is 22.7 Å². The van der Waals surface area contributed by atoms with Crippen molar-refractivity contribution in [3.05, 3.63) is 41.4 Å². The molecular formula is C18H21N3S. The Morgan fingerprint density at radius 2 is 1.91 bits per heavy atom. The summed E-state index contributed by atoms with van der Waals surface area (Å²) in [4.78, 5) is 5.97. The van der Waals surface area contributed by atoms with Gasteiger partial charge in [0.05, 0.1) is 0 Å². The Morgan fingerprint density at radius 1 is 1.14 bits per heavy atom. The molecule has 0 aliphatic heterocycles. The van der Waals surface area contributed by atoms with Crippen LogP contribution >= 0.6 is 11.3 Å². The normalized spacial score (nSPS) is 16.2. The molecular weight excluding hydrogens is 290 g/mol. The smallest absolute Gasteiger partial charge is 0.196 e. The summed E-state index contributed by atoms with van der Waals surface area (Å²) >= 11 is 1.72. The number of nitrogens with zero attached hydrogens (tertiary/aromatic N) is 2. The van der Waals surface area contributed by atoms with Crippen molar-refractivity contribution in [1.29, 1.82) is 0 Å². The van der Waals surface area contributed by atoms with E-state index in [-0.39, 0.29) is 0 Å². The van der Waals surface area contributed by atoms with Gasteiger partial charge in [-0.05, 0) is 19.8 Å². The van der Waals surface area contributed by atoms with E-state index in [2.05, 4.69) is 52.4 Å². The Balaban J connectivity index is 1.80. The summed E-state index contributed by atoms with van der Waals surface area (Å²) < 4.78 is 2.28. The van der Waals surface area contributed by atoms with Crippen LogP contribution in [0, 0.1) is 6.92 Å². The number of thiazole rings is 1. The third kappa shape index (κ3) is 2.41. The number of nitrogens with one attached hydrogen (secondary N) is 1. The quantitative estimate of drug-likeness (QED) is 0.728. The zero-order valence-electron chi connectivity index (χ0n) is 12.9. The summed E-state index contributed by atoms with van der Waals surface area (Å²) in [5.41, 5.74) is 3.53. The fourth-order valence-corrected chi connectivity index (χ4v) is 4.23. The lowest BCUT2D eigenvalue weighted by molar-refractivity contribution is 0.461. The summed E-state index contributed by atoms with van der Waals surface area (Å²) in [6, 6.07) is 11.1. The van der Waals surface area contributed by atoms with E-state index in [1.165, 1.54) is 49.2 Å². The molecule has 1 fully saturated rings. The van der Waals surface area contributed by atoms with Crippen molar-refractivity contribution in [2.24, 2.45) is 0 Å². The molecule has 2 aromatic heterocycles. The van der Waals surface area contributed by atoms with Crippen LogP contribution in [0.4, 0.5) is 5.82 Å². The number of aromatic nitrogens is 2. The van der Waals surface area contributed by atoms with E-state index < -0.39 is 0 Å². The van der Waals surface area contributed by atoms with Gasteiger partial charge in [-0.1, -0.05) is 49.6 Å². The largest absolute Gasteiger partial charge is 0.367 e. The summed E-state index contributed by atoms with van der Waals surface area (Å²) in [7, 11) is 0. The number of aryl methyl sites for hydroxylation is 1. The van der Waals surface area contributed by atoms with Crippen molar-refractivity contribution in [3.8, 4) is 11.3 Å². The van der Waals surface area contributed by atoms with Crippen molar-refractivity contribution in [2.75, 3.05) is 5.32 Å². The van der Waals surface area contributed by atoms with Crippen molar-refractivity contribution < 1.29 is 0 Å². The average Bonchev–Trinajstić information content (AvgIpc) is 3.10. The highest BCUT2D eigenvalue weighted by atomic mass is 32.1. The molecule has 4 heteroatoms. The van der Waals surface area contributed by atoms with Gasteiger partial charge in [-0.15, -0.1) is 11.3 Å². The molecule has 0 radical (unpaired) electrons. The zero-order valence-corrected chi connectivity index (χ0v) is 13.7. The predicted molar refractivity (Wildman–Crippen MR) is 93.7 cm³/mol. The minimum atomic E-state index is 0.579. The first-order chi connectivity index (χ1) is 10.8. The van der Waals surface area contributed by atoms with E-state index in [0.29, 0.717) is 6.04 Å². The van der Waals surface area contributed by atoms with Gasteiger partial charge < -0.3 is 5.32 Å². The summed E-state index contributed by atoms with van der Waals surface area (Å²) in [5, 5.41) is 5.99. The molecule has 0 spiro atoms. The Labute approximate surface area is 135 Å². The Morgan fingerprint density at radius 3 is 2.68 bits per heavy atom. The maximum atomic E-state index is 4.89. The second-order valence-corrected chi connectivity index (χ2v) is 6.99. The van der Waals surface area contributed by atoms with Crippen molar-refractivity contribution in [3.63, 3.8) is 0 Å². The van der Waals surface area contributed by atoms with Gasteiger partial charge in [0.2, 0.25) is 0 Å². The second-order valence-electron chi connectivity index (χ2n) is 6.15. The van der Waals surface area contributed by atoms with Gasteiger partial charge in [-0.3, -0.25) is 4.40 Å². The predicted octanol–water partition coefficient (Wildman–Crippen LogP) is 5.12. The molecule has 0 unspecified atom stereocenters. The molecule has 3 aromatic rings. The van der Waals surface area contributed by atoms with Crippen LogP contribution in [0.5, 0.6) is 0 Å². The molecule has 1 N–H and O–H groups in total. The topological polar surface area (TPSA) is 29.3 Å². The highest BCUT2D eigenvalue weighted by Crippen LogP contribution is 2.34. The monoisotopic (exact) mass is 311 g/mol. The minimum Gasteiger partial charge on any atom is -0.367 e. The van der Waals surface area contributed by atoms with Crippen LogP contribution < -0.4 is 5.32 Å². The van der Waals surface area contributed by atoms with Gasteiger partial charge in [0.1, 0.15) is 11.5 Å². The van der Waals surface area contributed by atoms with Crippen LogP contribution in [0.1, 0.15) is 37.8 Å². The van der Waals surface area contributed by atoms with Crippen molar-refractivity contribution in [1.82, 2.24) is 9.38 Å². The van der Waals surface area contributed by atoms with Crippen LogP contribution in [0.15, 0.2) is 35.7 Å². The van der Waals surface area contributed by atoms with Crippen LogP contribution in [0.3, 0.4) is 0 Å². The van der Waals surface area contributed by atoms with Gasteiger partial charge in [0.15, 0.2) is 4.96 Å². The molecule has 1 aliphatic carbocycles. The molecule has 0 bridgehead atoms. The van der Waals surface area contributed by atoms with Crippen LogP contribution in [-0.4, -0.2) is 15.4 Å². The molecule has 4 rings (SSSR count). The third-order valence-electron chi connectivity index (χ3n) is 4.53. The number of benzene rings is 1. The van der Waals surface area contributed by atoms with Crippen LogP contribution in [0.25, 0.3) is 16.2 Å². The van der Waals surface area contributed by atoms with Crippen LogP contribution in [-0.2, 0) is 0 Å². The molecule has 0 atom stereocenters. The highest BCUT2D eigenvalue weighted by molar-refractivity contribution is 7.15. The van der Waals surface area contributed by atoms with E-state index in [9.17, 15) is 0 Å². The number of rotatable bonds is 3. The maximum Gasteiger partial charge on any atom is 0.196 e. The van der Waals surface area contributed by atoms with Gasteiger partial charge in [-0.25, -0.2) is 4.98 Å². The molecule has 3 nitrogen and oxygen atoms in total. The molecule has 1 aliphatic rings. The number of fused-ring (bicyclic) bond motifs is 1. The van der Waals surface area contributed by atoms with Gasteiger partial charge in [-0.2, -0.15) is 0 Å². The van der Waals surface area contributed by atoms with Gasteiger partial charge in [0.25, 0.3) is 0 Å². The average molecular weight is 311 g/mol. The van der Waals surface area contributed by atoms with E-state index >= 15 is 0 Å². The second kappa shape index (κ2) is 5.76. The first kappa shape index (κ1) is 13.8. The lowest BCUT2D eigenvalue weighted by Crippen LogP contribution is -2.23. The fraction of sp³-hybridized carbons (Fsp3) is 0.389. The van der Waals surface area contributed by atoms with Crippen molar-refractivity contribution >= 4 is 22.1 Å². The lowest BCUT2D eigenvalue weighted by Gasteiger charge is -2.24. The number of hydrogen-bond acceptors (Lipinski definition) is 3. The number of hydrogen-bond donors (Lipinski definition) is 1. The van der Waals surface area contributed by atoms with Gasteiger partial charge >= 0.3 is 0 Å². The van der Waals surface area contributed by atoms with E-state index in [4.69, 9.17) is 4.98 Å². The van der Waals surface area contributed by atoms with E-state index in [0.717, 1.165) is 10.7 Å². The number of imidazole rings is 1. The molecule has 22 heavy (non-hydrogen) atoms. The molecule has 1 aromatic carbocycles. The molecule has 1 saturated carbocycles. The first-order valence-corrected chi connectivity index (χ1v) is 8.99. The fourth-order valence-electron chi connectivity index (χ4n) is 3.37. The zero-order chi connectivity index (χ0) is 14.9. The standard InChI is InChI=1S/C18H21N3S/c1-13-12-22-18-20-16(14-8-4-2-5-9-14)17(21(13)18)19-15-10-6-3-7-11-15/h2,4-5,8-9,12,15,19H,3,6-7,10-11H2,1H3. The lowest BCUT2D eigenvalue weighted by atomic mass is 9.95. The highest BCUT2D eigenvalue weighted by Gasteiger charge is 2.20. The van der Waals surface area contributed by atoms with Crippen LogP contribution in [0.2, 0.25) is 0 Å². The molecule has 2 heterocycles. The summed E-state index contributed by atoms with van der Waals surface area (Å²) in [6.45, 7) is 2.16. The Hall–Kier alpha value is -1.81. The summed E-state index contributed by atoms with van der Waals surface area (Å²) in [6.07, 6.45) is 6.59. The SMILES string of the molecule is Cc1csc2nc(-c3ccccc3)c(NC3CCCCC3)n12. The Bertz CT molecular complexity index is 766. The molecule has 0 amide bonds. The molecule has 0 saturated heterocycles. The Kier molecular flexibility index (Phi) is 3.62. The minimum absolute atomic E-state index is 0.579. The maximum absolute atomic E-state index is 4.89. The first-order valence-electron chi connectivity index (χ1n) is 8.11. The molecule has 114 valence electrons. The third-order valence-corrected chi connectivity index (χ3v) is 5.47. The van der Waals surface area contributed by atoms with E-state index in [1.54, 1.807) is 11.3 Å².